The predicted octanol–water partition coefficient (Wildman–Crippen LogP) is 2.89. The molecule has 1 heterocycles. The molecule has 3 heteroatoms. The molecule has 0 N–H and O–H groups in total. The van der Waals surface area contributed by atoms with Crippen LogP contribution in [0.4, 0.5) is 0 Å². The molecule has 0 radical (unpaired) electrons. The summed E-state index contributed by atoms with van der Waals surface area (Å²) in [5.74, 6) is 0.0988. The molecule has 0 aliphatic rings. The number of aromatic nitrogens is 2. The van der Waals surface area contributed by atoms with Crippen molar-refractivity contribution in [2.45, 2.75) is 40.0 Å². The normalized spacial score (nSPS) is 10.2. The smallest absolute Gasteiger partial charge is 0.168 e. The van der Waals surface area contributed by atoms with Crippen molar-refractivity contribution >= 4 is 5.78 Å². The van der Waals surface area contributed by atoms with Crippen LogP contribution in [0.5, 0.6) is 0 Å². The van der Waals surface area contributed by atoms with Crippen LogP contribution in [-0.2, 0) is 6.42 Å². The van der Waals surface area contributed by atoms with Gasteiger partial charge in [-0.3, -0.25) is 4.79 Å². The van der Waals surface area contributed by atoms with Crippen molar-refractivity contribution in [2.75, 3.05) is 0 Å². The summed E-state index contributed by atoms with van der Waals surface area (Å²) >= 11 is 0. The molecule has 1 rings (SSSR count). The van der Waals surface area contributed by atoms with Gasteiger partial charge < -0.3 is 0 Å². The second-order valence-corrected chi connectivity index (χ2v) is 3.90. The molecule has 0 amide bonds. The van der Waals surface area contributed by atoms with Crippen LogP contribution in [0.15, 0.2) is 18.2 Å². The lowest BCUT2D eigenvalue weighted by Gasteiger charge is -2.06. The van der Waals surface area contributed by atoms with E-state index in [1.165, 1.54) is 0 Å². The van der Waals surface area contributed by atoms with Crippen molar-refractivity contribution in [3.05, 3.63) is 35.2 Å². The first kappa shape index (κ1) is 12.6. The first-order valence-corrected chi connectivity index (χ1v) is 5.61. The fraction of sp³-hybridized carbons (Fsp3) is 0.462. The minimum absolute atomic E-state index is 0.0988. The maximum absolute atomic E-state index is 12.0. The van der Waals surface area contributed by atoms with Crippen LogP contribution in [0, 0.1) is 6.92 Å². The largest absolute Gasteiger partial charge is 0.294 e. The number of carbonyl (C=O) groups excluding carboxylic acids is 1. The zero-order chi connectivity index (χ0) is 12.1. The monoisotopic (exact) mass is 218 g/mol. The topological polar surface area (TPSA) is 42.9 Å². The van der Waals surface area contributed by atoms with Gasteiger partial charge in [0.2, 0.25) is 0 Å². The third-order valence-electron chi connectivity index (χ3n) is 2.54. The number of hydrogen-bond acceptors (Lipinski definition) is 3. The summed E-state index contributed by atoms with van der Waals surface area (Å²) in [7, 11) is 0. The van der Waals surface area contributed by atoms with Gasteiger partial charge in [-0.1, -0.05) is 26.0 Å². The molecule has 16 heavy (non-hydrogen) atoms. The van der Waals surface area contributed by atoms with Gasteiger partial charge in [0, 0.05) is 12.0 Å². The van der Waals surface area contributed by atoms with Crippen LogP contribution >= 0.6 is 0 Å². The summed E-state index contributed by atoms with van der Waals surface area (Å²) in [6.07, 6.45) is 1.98. The highest BCUT2D eigenvalue weighted by molar-refractivity contribution is 5.98. The fourth-order valence-electron chi connectivity index (χ4n) is 1.46. The molecular formula is C13H18N2O. The molecule has 0 saturated carbocycles. The number of nitrogens with zero attached hydrogens (tertiary/aromatic N) is 2. The Kier molecular flexibility index (Phi) is 4.35. The number of allylic oxidation sites excluding steroid dienone is 1. The molecule has 0 aromatic carbocycles. The van der Waals surface area contributed by atoms with Gasteiger partial charge in [0.15, 0.2) is 5.78 Å². The Hall–Kier alpha value is -1.51. The van der Waals surface area contributed by atoms with Crippen LogP contribution in [0.3, 0.4) is 0 Å². The standard InChI is InChI=1S/C13H18N2O/c1-5-9(3)7-13(16)11-8-10(4)14-15-12(11)6-2/h8H,3,5-7H2,1-2,4H3. The molecule has 0 bridgehead atoms. The molecule has 0 fully saturated rings. The molecular weight excluding hydrogens is 200 g/mol. The third-order valence-corrected chi connectivity index (χ3v) is 2.54. The SMILES string of the molecule is C=C(CC)CC(=O)c1cc(C)nnc1CC. The Morgan fingerprint density at radius 3 is 2.62 bits per heavy atom. The Morgan fingerprint density at radius 1 is 1.38 bits per heavy atom. The van der Waals surface area contributed by atoms with Crippen molar-refractivity contribution in [2.24, 2.45) is 0 Å². The quantitative estimate of drug-likeness (QED) is 0.563. The number of Topliss-reactive ketones (excluding diaryl/α,β-unsaturated/α-hetero) is 1. The number of carbonyl (C=O) groups is 1. The van der Waals surface area contributed by atoms with Gasteiger partial charge in [-0.15, -0.1) is 0 Å². The lowest BCUT2D eigenvalue weighted by Crippen LogP contribution is -2.08. The molecule has 1 aromatic rings. The number of ketones is 1. The highest BCUT2D eigenvalue weighted by Crippen LogP contribution is 2.14. The van der Waals surface area contributed by atoms with E-state index in [1.54, 1.807) is 0 Å². The zero-order valence-electron chi connectivity index (χ0n) is 10.2. The Morgan fingerprint density at radius 2 is 2.06 bits per heavy atom. The molecule has 0 saturated heterocycles. The fourth-order valence-corrected chi connectivity index (χ4v) is 1.46. The van der Waals surface area contributed by atoms with Crippen LogP contribution in [0.25, 0.3) is 0 Å². The Labute approximate surface area is 96.6 Å². The first-order chi connectivity index (χ1) is 7.58. The van der Waals surface area contributed by atoms with E-state index in [9.17, 15) is 4.79 Å². The van der Waals surface area contributed by atoms with Crippen molar-refractivity contribution < 1.29 is 4.79 Å². The van der Waals surface area contributed by atoms with Gasteiger partial charge in [0.25, 0.3) is 0 Å². The van der Waals surface area contributed by atoms with Gasteiger partial charge in [-0.25, -0.2) is 0 Å². The minimum atomic E-state index is 0.0988. The average Bonchev–Trinajstić information content (AvgIpc) is 2.28. The molecule has 86 valence electrons. The van der Waals surface area contributed by atoms with E-state index in [0.29, 0.717) is 12.0 Å². The van der Waals surface area contributed by atoms with Crippen molar-refractivity contribution in [1.29, 1.82) is 0 Å². The summed E-state index contributed by atoms with van der Waals surface area (Å²) in [6, 6.07) is 1.82. The van der Waals surface area contributed by atoms with E-state index in [0.717, 1.165) is 29.8 Å². The zero-order valence-corrected chi connectivity index (χ0v) is 10.2. The van der Waals surface area contributed by atoms with E-state index >= 15 is 0 Å². The maximum Gasteiger partial charge on any atom is 0.168 e. The summed E-state index contributed by atoms with van der Waals surface area (Å²) in [4.78, 5) is 12.0. The molecule has 3 nitrogen and oxygen atoms in total. The van der Waals surface area contributed by atoms with Crippen LogP contribution < -0.4 is 0 Å². The van der Waals surface area contributed by atoms with E-state index in [1.807, 2.05) is 26.8 Å². The second kappa shape index (κ2) is 5.54. The van der Waals surface area contributed by atoms with E-state index in [-0.39, 0.29) is 5.78 Å². The van der Waals surface area contributed by atoms with Crippen LogP contribution in [0.1, 0.15) is 48.4 Å². The van der Waals surface area contributed by atoms with Gasteiger partial charge in [-0.2, -0.15) is 10.2 Å². The first-order valence-electron chi connectivity index (χ1n) is 5.61. The number of rotatable bonds is 5. The highest BCUT2D eigenvalue weighted by Gasteiger charge is 2.13. The van der Waals surface area contributed by atoms with E-state index in [4.69, 9.17) is 0 Å². The molecule has 0 aliphatic carbocycles. The lowest BCUT2D eigenvalue weighted by molar-refractivity contribution is 0.0990. The van der Waals surface area contributed by atoms with Gasteiger partial charge in [-0.05, 0) is 25.8 Å². The molecule has 0 atom stereocenters. The molecule has 1 aromatic heterocycles. The molecule has 0 unspecified atom stereocenters. The van der Waals surface area contributed by atoms with Crippen LogP contribution in [-0.4, -0.2) is 16.0 Å². The predicted molar refractivity (Wildman–Crippen MR) is 64.5 cm³/mol. The van der Waals surface area contributed by atoms with Gasteiger partial charge in [0.1, 0.15) is 0 Å². The van der Waals surface area contributed by atoms with Crippen LogP contribution in [0.2, 0.25) is 0 Å². The average molecular weight is 218 g/mol. The Balaban J connectivity index is 2.97. The molecule has 0 aliphatic heterocycles. The lowest BCUT2D eigenvalue weighted by atomic mass is 10.0. The summed E-state index contributed by atoms with van der Waals surface area (Å²) in [5, 5.41) is 8.02. The second-order valence-electron chi connectivity index (χ2n) is 3.90. The van der Waals surface area contributed by atoms with E-state index < -0.39 is 0 Å². The Bertz CT molecular complexity index is 410. The van der Waals surface area contributed by atoms with Gasteiger partial charge >= 0.3 is 0 Å². The van der Waals surface area contributed by atoms with Crippen molar-refractivity contribution in [3.8, 4) is 0 Å². The van der Waals surface area contributed by atoms with E-state index in [2.05, 4.69) is 16.8 Å². The third kappa shape index (κ3) is 2.99. The summed E-state index contributed by atoms with van der Waals surface area (Å²) < 4.78 is 0. The maximum atomic E-state index is 12.0. The van der Waals surface area contributed by atoms with Crippen molar-refractivity contribution in [3.63, 3.8) is 0 Å². The molecule has 0 spiro atoms. The summed E-state index contributed by atoms with van der Waals surface area (Å²) in [5.41, 5.74) is 3.22. The summed E-state index contributed by atoms with van der Waals surface area (Å²) in [6.45, 7) is 9.69. The number of aryl methyl sites for hydroxylation is 2. The number of hydrogen-bond donors (Lipinski definition) is 0. The minimum Gasteiger partial charge on any atom is -0.294 e. The van der Waals surface area contributed by atoms with Gasteiger partial charge in [0.05, 0.1) is 11.4 Å². The van der Waals surface area contributed by atoms with Crippen molar-refractivity contribution in [1.82, 2.24) is 10.2 Å². The highest BCUT2D eigenvalue weighted by atomic mass is 16.1.